The Bertz CT molecular complexity index is 1400. The van der Waals surface area contributed by atoms with E-state index < -0.39 is 0 Å². The minimum absolute atomic E-state index is 0.238. The van der Waals surface area contributed by atoms with Crippen LogP contribution in [-0.4, -0.2) is 36.3 Å². The highest BCUT2D eigenvalue weighted by atomic mass is 16.5. The minimum atomic E-state index is -0.315. The Hall–Kier alpha value is -4.08. The molecule has 0 fully saturated rings. The minimum Gasteiger partial charge on any atom is -0.492 e. The van der Waals surface area contributed by atoms with Crippen molar-refractivity contribution in [3.8, 4) is 11.8 Å². The Morgan fingerprint density at radius 1 is 1.03 bits per heavy atom. The number of para-hydroxylation sites is 1. The van der Waals surface area contributed by atoms with Gasteiger partial charge in [-0.25, -0.2) is 4.79 Å². The van der Waals surface area contributed by atoms with Crippen molar-refractivity contribution in [1.29, 1.82) is 5.26 Å². The van der Waals surface area contributed by atoms with Crippen LogP contribution in [0.4, 0.5) is 0 Å². The highest BCUT2D eigenvalue weighted by Gasteiger charge is 2.12. The number of carbonyl (C=O) groups is 1. The molecule has 0 saturated heterocycles. The summed E-state index contributed by atoms with van der Waals surface area (Å²) in [6.45, 7) is 8.61. The standard InChI is InChI=1S/C32H35N3O3/c1-23-9-7-10-24(2)31(23)37-18-14-34-25(3)19-26-20-28-13-16-35(30(28)29(21-26)22-33)15-8-17-38-32(36)27-11-5-4-6-12-27/h4-7,9-13,16,20-21,25,34H,8,14-15,17-19H2,1-3H3/t25-/m1/s1. The molecular weight excluding hydrogens is 474 g/mol. The quantitative estimate of drug-likeness (QED) is 0.188. The molecule has 0 bridgehead atoms. The number of carbonyl (C=O) groups excluding carboxylic acids is 1. The topological polar surface area (TPSA) is 76.3 Å². The van der Waals surface area contributed by atoms with E-state index in [4.69, 9.17) is 9.47 Å². The van der Waals surface area contributed by atoms with Gasteiger partial charge in [-0.15, -0.1) is 0 Å². The van der Waals surface area contributed by atoms with E-state index in [2.05, 4.69) is 54.9 Å². The van der Waals surface area contributed by atoms with E-state index in [-0.39, 0.29) is 12.0 Å². The Morgan fingerprint density at radius 3 is 2.53 bits per heavy atom. The second kappa shape index (κ2) is 12.9. The second-order valence-corrected chi connectivity index (χ2v) is 9.69. The third-order valence-electron chi connectivity index (χ3n) is 6.62. The summed E-state index contributed by atoms with van der Waals surface area (Å²) in [5.41, 5.74) is 5.56. The van der Waals surface area contributed by atoms with Crippen LogP contribution in [0, 0.1) is 25.2 Å². The predicted molar refractivity (Wildman–Crippen MR) is 151 cm³/mol. The fourth-order valence-corrected chi connectivity index (χ4v) is 4.77. The summed E-state index contributed by atoms with van der Waals surface area (Å²) in [6, 6.07) is 24.0. The summed E-state index contributed by atoms with van der Waals surface area (Å²) in [4.78, 5) is 12.1. The number of rotatable bonds is 12. The molecule has 4 aromatic rings. The maximum Gasteiger partial charge on any atom is 0.338 e. The summed E-state index contributed by atoms with van der Waals surface area (Å²) in [7, 11) is 0. The monoisotopic (exact) mass is 509 g/mol. The van der Waals surface area contributed by atoms with Gasteiger partial charge >= 0.3 is 5.97 Å². The lowest BCUT2D eigenvalue weighted by molar-refractivity contribution is 0.0496. The normalized spacial score (nSPS) is 11.7. The van der Waals surface area contributed by atoms with E-state index in [1.807, 2.05) is 42.6 Å². The highest BCUT2D eigenvalue weighted by molar-refractivity contribution is 5.89. The first-order valence-electron chi connectivity index (χ1n) is 13.1. The van der Waals surface area contributed by atoms with E-state index >= 15 is 0 Å². The number of hydrogen-bond donors (Lipinski definition) is 1. The lowest BCUT2D eigenvalue weighted by Crippen LogP contribution is -2.32. The molecular formula is C32H35N3O3. The molecule has 1 heterocycles. The molecule has 1 aromatic heterocycles. The molecule has 0 unspecified atom stereocenters. The number of aryl methyl sites for hydroxylation is 3. The Kier molecular flexibility index (Phi) is 9.18. The van der Waals surface area contributed by atoms with Crippen molar-refractivity contribution in [2.75, 3.05) is 19.8 Å². The molecule has 0 aliphatic carbocycles. The number of fused-ring (bicyclic) bond motifs is 1. The average molecular weight is 510 g/mol. The number of nitrogens with one attached hydrogen (secondary N) is 1. The van der Waals surface area contributed by atoms with Gasteiger partial charge in [0, 0.05) is 30.7 Å². The van der Waals surface area contributed by atoms with Gasteiger partial charge in [-0.1, -0.05) is 36.4 Å². The molecule has 1 atom stereocenters. The summed E-state index contributed by atoms with van der Waals surface area (Å²) in [6.07, 6.45) is 3.48. The van der Waals surface area contributed by atoms with Gasteiger partial charge < -0.3 is 19.4 Å². The second-order valence-electron chi connectivity index (χ2n) is 9.69. The van der Waals surface area contributed by atoms with Crippen molar-refractivity contribution in [2.24, 2.45) is 0 Å². The number of ether oxygens (including phenoxy) is 2. The average Bonchev–Trinajstić information content (AvgIpc) is 3.33. The first kappa shape index (κ1) is 27.0. The highest BCUT2D eigenvalue weighted by Crippen LogP contribution is 2.24. The molecule has 196 valence electrons. The number of nitriles is 1. The number of nitrogens with zero attached hydrogens (tertiary/aromatic N) is 2. The van der Waals surface area contributed by atoms with Crippen molar-refractivity contribution in [2.45, 2.75) is 46.2 Å². The zero-order chi connectivity index (χ0) is 26.9. The molecule has 1 N–H and O–H groups in total. The van der Waals surface area contributed by atoms with Gasteiger partial charge in [-0.2, -0.15) is 5.26 Å². The number of benzene rings is 3. The molecule has 0 saturated carbocycles. The smallest absolute Gasteiger partial charge is 0.338 e. The Labute approximate surface area is 224 Å². The van der Waals surface area contributed by atoms with Gasteiger partial charge in [0.1, 0.15) is 18.4 Å². The van der Waals surface area contributed by atoms with E-state index in [1.165, 1.54) is 0 Å². The summed E-state index contributed by atoms with van der Waals surface area (Å²) in [5.74, 6) is 0.648. The number of esters is 1. The lowest BCUT2D eigenvalue weighted by atomic mass is 10.0. The third kappa shape index (κ3) is 6.81. The van der Waals surface area contributed by atoms with Gasteiger partial charge in [-0.05, 0) is 80.6 Å². The molecule has 0 aliphatic heterocycles. The van der Waals surface area contributed by atoms with Crippen LogP contribution in [0.1, 0.15) is 46.0 Å². The van der Waals surface area contributed by atoms with Crippen molar-refractivity contribution >= 4 is 16.9 Å². The van der Waals surface area contributed by atoms with Crippen LogP contribution in [0.2, 0.25) is 0 Å². The molecule has 6 nitrogen and oxygen atoms in total. The van der Waals surface area contributed by atoms with Gasteiger partial charge in [-0.3, -0.25) is 0 Å². The van der Waals surface area contributed by atoms with Crippen LogP contribution >= 0.6 is 0 Å². The van der Waals surface area contributed by atoms with Crippen LogP contribution in [0.3, 0.4) is 0 Å². The Morgan fingerprint density at radius 2 is 1.79 bits per heavy atom. The van der Waals surface area contributed by atoms with Gasteiger partial charge in [0.05, 0.1) is 23.3 Å². The molecule has 0 radical (unpaired) electrons. The predicted octanol–water partition coefficient (Wildman–Crippen LogP) is 5.98. The molecule has 0 amide bonds. The fraction of sp³-hybridized carbons (Fsp3) is 0.312. The molecule has 6 heteroatoms. The first-order valence-corrected chi connectivity index (χ1v) is 13.1. The molecule has 4 rings (SSSR count). The summed E-state index contributed by atoms with van der Waals surface area (Å²) in [5, 5.41) is 14.4. The molecule has 3 aromatic carbocycles. The first-order chi connectivity index (χ1) is 18.5. The largest absolute Gasteiger partial charge is 0.492 e. The van der Waals surface area contributed by atoms with Gasteiger partial charge in [0.25, 0.3) is 0 Å². The molecule has 38 heavy (non-hydrogen) atoms. The van der Waals surface area contributed by atoms with Crippen molar-refractivity contribution < 1.29 is 14.3 Å². The SMILES string of the molecule is Cc1cccc(C)c1OCCN[C@H](C)Cc1cc(C#N)c2c(ccn2CCCOC(=O)c2ccccc2)c1. The maximum absolute atomic E-state index is 12.1. The van der Waals surface area contributed by atoms with E-state index in [9.17, 15) is 10.1 Å². The number of hydrogen-bond acceptors (Lipinski definition) is 5. The summed E-state index contributed by atoms with van der Waals surface area (Å²) >= 11 is 0. The molecule has 0 aliphatic rings. The third-order valence-corrected chi connectivity index (χ3v) is 6.62. The van der Waals surface area contributed by atoms with E-state index in [1.54, 1.807) is 12.1 Å². The van der Waals surface area contributed by atoms with Crippen LogP contribution in [0.25, 0.3) is 10.9 Å². The Balaban J connectivity index is 1.29. The molecule has 0 spiro atoms. The van der Waals surface area contributed by atoms with Crippen molar-refractivity contribution in [3.63, 3.8) is 0 Å². The van der Waals surface area contributed by atoms with E-state index in [0.717, 1.165) is 46.3 Å². The zero-order valence-corrected chi connectivity index (χ0v) is 22.4. The van der Waals surface area contributed by atoms with Crippen molar-refractivity contribution in [3.05, 3.63) is 101 Å². The number of aromatic nitrogens is 1. The lowest BCUT2D eigenvalue weighted by Gasteiger charge is -2.16. The maximum atomic E-state index is 12.1. The van der Waals surface area contributed by atoms with Crippen LogP contribution in [0.5, 0.6) is 5.75 Å². The van der Waals surface area contributed by atoms with E-state index in [0.29, 0.717) is 37.3 Å². The fourth-order valence-electron chi connectivity index (χ4n) is 4.77. The van der Waals surface area contributed by atoms with Gasteiger partial charge in [0.15, 0.2) is 0 Å². The van der Waals surface area contributed by atoms with Crippen molar-refractivity contribution in [1.82, 2.24) is 9.88 Å². The van der Waals surface area contributed by atoms with Crippen LogP contribution in [0.15, 0.2) is 72.9 Å². The van der Waals surface area contributed by atoms with Crippen LogP contribution in [-0.2, 0) is 17.7 Å². The van der Waals surface area contributed by atoms with Gasteiger partial charge in [0.2, 0.25) is 0 Å². The summed E-state index contributed by atoms with van der Waals surface area (Å²) < 4.78 is 13.5. The van der Waals surface area contributed by atoms with Crippen LogP contribution < -0.4 is 10.1 Å². The zero-order valence-electron chi connectivity index (χ0n) is 22.4.